The third kappa shape index (κ3) is 3.93. The van der Waals surface area contributed by atoms with Gasteiger partial charge in [-0.2, -0.15) is 30.3 Å². The fourth-order valence-corrected chi connectivity index (χ4v) is 1.22. The number of hydrogen-bond donors (Lipinski definition) is 0. The molecule has 0 aliphatic carbocycles. The molecule has 2 rings (SSSR count). The summed E-state index contributed by atoms with van der Waals surface area (Å²) in [4.78, 5) is 0. The Morgan fingerprint density at radius 1 is 0.800 bits per heavy atom. The van der Waals surface area contributed by atoms with E-state index >= 15 is 0 Å². The minimum atomic E-state index is -0.203. The van der Waals surface area contributed by atoms with Crippen LogP contribution in [0.3, 0.4) is 0 Å². The molecule has 0 bridgehead atoms. The maximum absolute atomic E-state index is 12.6. The third-order valence-corrected chi connectivity index (χ3v) is 1.90. The van der Waals surface area contributed by atoms with E-state index in [1.807, 2.05) is 24.3 Å². The molecule has 0 heterocycles. The second kappa shape index (κ2) is 6.98. The SMILES string of the molecule is Fc1ccc(-c2cc[c-]cc2)cc1.[Br-].[Mg+2]. The Labute approximate surface area is 115 Å². The summed E-state index contributed by atoms with van der Waals surface area (Å²) in [6, 6.07) is 17.0. The van der Waals surface area contributed by atoms with Gasteiger partial charge in [-0.15, -0.1) is 5.56 Å². The first kappa shape index (κ1) is 14.6. The molecule has 0 spiro atoms. The first-order valence-electron chi connectivity index (χ1n) is 4.08. The average Bonchev–Trinajstić information content (AvgIpc) is 2.20. The van der Waals surface area contributed by atoms with Crippen molar-refractivity contribution in [3.63, 3.8) is 0 Å². The van der Waals surface area contributed by atoms with Gasteiger partial charge in [0.05, 0.1) is 0 Å². The van der Waals surface area contributed by atoms with Crippen LogP contribution in [0.1, 0.15) is 0 Å². The van der Waals surface area contributed by atoms with Gasteiger partial charge in [0.25, 0.3) is 0 Å². The van der Waals surface area contributed by atoms with Gasteiger partial charge in [0.2, 0.25) is 0 Å². The van der Waals surface area contributed by atoms with Crippen LogP contribution in [0, 0.1) is 11.9 Å². The summed E-state index contributed by atoms with van der Waals surface area (Å²) in [5.74, 6) is -0.203. The molecule has 0 N–H and O–H groups in total. The minimum Gasteiger partial charge on any atom is -1.00 e. The second-order valence-corrected chi connectivity index (χ2v) is 2.80. The van der Waals surface area contributed by atoms with Gasteiger partial charge in [-0.25, -0.2) is 4.39 Å². The first-order valence-corrected chi connectivity index (χ1v) is 4.08. The fourth-order valence-electron chi connectivity index (χ4n) is 1.22. The first-order chi connectivity index (χ1) is 6.36. The summed E-state index contributed by atoms with van der Waals surface area (Å²) in [6.45, 7) is 0. The molecule has 0 amide bonds. The zero-order valence-electron chi connectivity index (χ0n) is 8.08. The predicted octanol–water partition coefficient (Wildman–Crippen LogP) is -0.0839. The largest absolute Gasteiger partial charge is 2.00 e. The molecule has 0 aliphatic heterocycles. The van der Waals surface area contributed by atoms with Crippen LogP contribution in [0.25, 0.3) is 11.1 Å². The van der Waals surface area contributed by atoms with Crippen LogP contribution in [0.4, 0.5) is 4.39 Å². The van der Waals surface area contributed by atoms with Crippen LogP contribution < -0.4 is 17.0 Å². The molecule has 0 unspecified atom stereocenters. The fraction of sp³-hybridized carbons (Fsp3) is 0. The van der Waals surface area contributed by atoms with Gasteiger partial charge in [0.1, 0.15) is 5.82 Å². The van der Waals surface area contributed by atoms with E-state index in [1.165, 1.54) is 12.1 Å². The summed E-state index contributed by atoms with van der Waals surface area (Å²) in [5.41, 5.74) is 2.11. The van der Waals surface area contributed by atoms with Gasteiger partial charge in [0, 0.05) is 0 Å². The minimum absolute atomic E-state index is 0. The van der Waals surface area contributed by atoms with Crippen molar-refractivity contribution in [1.29, 1.82) is 0 Å². The van der Waals surface area contributed by atoms with E-state index < -0.39 is 0 Å². The topological polar surface area (TPSA) is 0 Å². The van der Waals surface area contributed by atoms with E-state index in [0.29, 0.717) is 0 Å². The molecule has 0 aliphatic rings. The molecule has 15 heavy (non-hydrogen) atoms. The van der Waals surface area contributed by atoms with E-state index in [9.17, 15) is 4.39 Å². The molecule has 0 saturated heterocycles. The average molecular weight is 275 g/mol. The number of benzene rings is 2. The Kier molecular flexibility index (Phi) is 6.81. The standard InChI is InChI=1S/C12H8F.BrH.Mg/c13-12-8-6-11(7-9-12)10-4-2-1-3-5-10;;/h2-9H;1H;/q-1;;+2/p-1. The molecular formula is C12H8BrFMg. The molecule has 72 valence electrons. The van der Waals surface area contributed by atoms with Crippen molar-refractivity contribution < 1.29 is 21.4 Å². The zero-order valence-corrected chi connectivity index (χ0v) is 11.1. The van der Waals surface area contributed by atoms with Crippen molar-refractivity contribution in [2.45, 2.75) is 0 Å². The Hall–Kier alpha value is -0.384. The van der Waals surface area contributed by atoms with Gasteiger partial charge in [-0.3, -0.25) is 0 Å². The summed E-state index contributed by atoms with van der Waals surface area (Å²) >= 11 is 0. The predicted molar refractivity (Wildman–Crippen MR) is 56.4 cm³/mol. The zero-order chi connectivity index (χ0) is 9.10. The van der Waals surface area contributed by atoms with Crippen molar-refractivity contribution in [1.82, 2.24) is 0 Å². The van der Waals surface area contributed by atoms with E-state index in [1.54, 1.807) is 12.1 Å². The normalized spacial score (nSPS) is 8.60. The molecule has 0 aromatic heterocycles. The molecule has 0 radical (unpaired) electrons. The summed E-state index contributed by atoms with van der Waals surface area (Å²) in [5, 5.41) is 0. The van der Waals surface area contributed by atoms with Gasteiger partial charge < -0.3 is 17.0 Å². The van der Waals surface area contributed by atoms with Crippen LogP contribution in [-0.4, -0.2) is 23.1 Å². The van der Waals surface area contributed by atoms with Crippen LogP contribution in [0.2, 0.25) is 0 Å². The van der Waals surface area contributed by atoms with E-state index in [0.717, 1.165) is 11.1 Å². The second-order valence-electron chi connectivity index (χ2n) is 2.80. The summed E-state index contributed by atoms with van der Waals surface area (Å²) < 4.78 is 12.6. The van der Waals surface area contributed by atoms with Crippen LogP contribution in [0.15, 0.2) is 48.5 Å². The Morgan fingerprint density at radius 2 is 1.27 bits per heavy atom. The number of rotatable bonds is 1. The van der Waals surface area contributed by atoms with Gasteiger partial charge in [-0.1, -0.05) is 12.1 Å². The third-order valence-electron chi connectivity index (χ3n) is 1.90. The van der Waals surface area contributed by atoms with Crippen molar-refractivity contribution in [3.05, 3.63) is 60.4 Å². The molecule has 0 fully saturated rings. The van der Waals surface area contributed by atoms with Gasteiger partial charge in [0.15, 0.2) is 0 Å². The summed E-state index contributed by atoms with van der Waals surface area (Å²) in [6.07, 6.45) is 0. The van der Waals surface area contributed by atoms with E-state index in [4.69, 9.17) is 0 Å². The van der Waals surface area contributed by atoms with Crippen LogP contribution in [-0.2, 0) is 0 Å². The van der Waals surface area contributed by atoms with Crippen molar-refractivity contribution >= 4 is 23.1 Å². The molecule has 0 nitrogen and oxygen atoms in total. The van der Waals surface area contributed by atoms with E-state index in [2.05, 4.69) is 6.07 Å². The van der Waals surface area contributed by atoms with Crippen LogP contribution >= 0.6 is 0 Å². The van der Waals surface area contributed by atoms with Gasteiger partial charge in [-0.05, 0) is 17.7 Å². The maximum Gasteiger partial charge on any atom is 2.00 e. The smallest absolute Gasteiger partial charge is 1.00 e. The van der Waals surface area contributed by atoms with Gasteiger partial charge >= 0.3 is 23.1 Å². The van der Waals surface area contributed by atoms with Crippen molar-refractivity contribution in [3.8, 4) is 11.1 Å². The van der Waals surface area contributed by atoms with Crippen molar-refractivity contribution in [2.75, 3.05) is 0 Å². The molecule has 2 aromatic rings. The van der Waals surface area contributed by atoms with Crippen LogP contribution in [0.5, 0.6) is 0 Å². The number of halogens is 2. The molecule has 0 saturated carbocycles. The molecule has 2 aromatic carbocycles. The summed E-state index contributed by atoms with van der Waals surface area (Å²) in [7, 11) is 0. The Bertz CT molecular complexity index is 386. The van der Waals surface area contributed by atoms with E-state index in [-0.39, 0.29) is 45.9 Å². The Morgan fingerprint density at radius 3 is 1.80 bits per heavy atom. The molecular weight excluding hydrogens is 267 g/mol. The quantitative estimate of drug-likeness (QED) is 0.504. The molecule has 3 heteroatoms. The number of hydrogen-bond acceptors (Lipinski definition) is 0. The Balaban J connectivity index is 0.000000980. The maximum atomic E-state index is 12.6. The monoisotopic (exact) mass is 274 g/mol. The van der Waals surface area contributed by atoms with Crippen molar-refractivity contribution in [2.24, 2.45) is 0 Å². The molecule has 0 atom stereocenters.